The maximum absolute atomic E-state index is 13.6. The number of halogens is 3. The summed E-state index contributed by atoms with van der Waals surface area (Å²) in [5.41, 5.74) is -0.0904. The number of aliphatic hydroxyl groups is 1. The molecule has 0 saturated heterocycles. The Morgan fingerprint density at radius 1 is 1.33 bits per heavy atom. The molecule has 0 aliphatic carbocycles. The van der Waals surface area contributed by atoms with E-state index in [1.165, 1.54) is 12.1 Å². The fraction of sp³-hybridized carbons (Fsp3) is 0.538. The Hall–Kier alpha value is -0.520. The second-order valence-corrected chi connectivity index (χ2v) is 4.94. The molecular weight excluding hydrogens is 306 g/mol. The molecule has 0 saturated carbocycles. The van der Waals surface area contributed by atoms with Gasteiger partial charge in [0.15, 0.2) is 0 Å². The summed E-state index contributed by atoms with van der Waals surface area (Å²) >= 11 is 3.00. The van der Waals surface area contributed by atoms with Crippen LogP contribution in [0.1, 0.15) is 25.3 Å². The van der Waals surface area contributed by atoms with Gasteiger partial charge >= 0.3 is 0 Å². The first-order valence-corrected chi connectivity index (χ1v) is 6.73. The molecule has 1 N–H and O–H groups in total. The normalized spacial score (nSPS) is 12.7. The topological polar surface area (TPSA) is 29.5 Å². The van der Waals surface area contributed by atoms with Crippen LogP contribution in [0.3, 0.4) is 0 Å². The number of benzene rings is 1. The summed E-state index contributed by atoms with van der Waals surface area (Å²) in [6.45, 7) is 3.02. The zero-order valence-corrected chi connectivity index (χ0v) is 11.8. The molecule has 0 amide bonds. The summed E-state index contributed by atoms with van der Waals surface area (Å²) in [5.74, 6) is -1.28. The van der Waals surface area contributed by atoms with E-state index in [2.05, 4.69) is 15.9 Å². The van der Waals surface area contributed by atoms with Crippen LogP contribution in [0.25, 0.3) is 0 Å². The molecule has 0 radical (unpaired) electrons. The highest BCUT2D eigenvalue weighted by atomic mass is 79.9. The maximum atomic E-state index is 13.6. The quantitative estimate of drug-likeness (QED) is 0.615. The van der Waals surface area contributed by atoms with E-state index in [4.69, 9.17) is 4.74 Å². The average molecular weight is 323 g/mol. The predicted molar refractivity (Wildman–Crippen MR) is 69.5 cm³/mol. The van der Waals surface area contributed by atoms with Crippen molar-refractivity contribution in [2.45, 2.75) is 32.3 Å². The fourth-order valence-corrected chi connectivity index (χ4v) is 1.93. The van der Waals surface area contributed by atoms with Gasteiger partial charge in [-0.15, -0.1) is 0 Å². The molecule has 0 spiro atoms. The third-order valence-electron chi connectivity index (χ3n) is 2.52. The first-order chi connectivity index (χ1) is 8.56. The van der Waals surface area contributed by atoms with Crippen LogP contribution in [0.4, 0.5) is 8.78 Å². The van der Waals surface area contributed by atoms with Crippen LogP contribution in [0, 0.1) is 11.6 Å². The van der Waals surface area contributed by atoms with Gasteiger partial charge < -0.3 is 9.84 Å². The summed E-state index contributed by atoms with van der Waals surface area (Å²) in [6.07, 6.45) is 0.420. The van der Waals surface area contributed by atoms with Crippen LogP contribution >= 0.6 is 15.9 Å². The highest BCUT2D eigenvalue weighted by molar-refractivity contribution is 9.10. The van der Waals surface area contributed by atoms with Crippen molar-refractivity contribution in [2.75, 3.05) is 13.2 Å². The number of rotatable bonds is 7. The molecule has 0 heterocycles. The molecule has 0 fully saturated rings. The van der Waals surface area contributed by atoms with Gasteiger partial charge in [0.25, 0.3) is 0 Å². The van der Waals surface area contributed by atoms with Crippen molar-refractivity contribution < 1.29 is 18.6 Å². The van der Waals surface area contributed by atoms with Crippen molar-refractivity contribution >= 4 is 15.9 Å². The summed E-state index contributed by atoms with van der Waals surface area (Å²) in [5, 5.41) is 9.71. The molecule has 0 aromatic heterocycles. The molecular formula is C13H17BrF2O2. The monoisotopic (exact) mass is 322 g/mol. The Morgan fingerprint density at radius 2 is 2.06 bits per heavy atom. The summed E-state index contributed by atoms with van der Waals surface area (Å²) in [6, 6.07) is 2.49. The van der Waals surface area contributed by atoms with Crippen molar-refractivity contribution in [3.05, 3.63) is 33.8 Å². The third-order valence-corrected chi connectivity index (χ3v) is 3.13. The predicted octanol–water partition coefficient (Wildman–Crippen LogP) is 3.45. The van der Waals surface area contributed by atoms with Crippen LogP contribution in [0.2, 0.25) is 0 Å². The van der Waals surface area contributed by atoms with Gasteiger partial charge in [-0.2, -0.15) is 0 Å². The van der Waals surface area contributed by atoms with Crippen molar-refractivity contribution in [3.8, 4) is 0 Å². The molecule has 1 aromatic carbocycles. The molecule has 5 heteroatoms. The van der Waals surface area contributed by atoms with E-state index in [1.54, 1.807) is 0 Å². The maximum Gasteiger partial charge on any atom is 0.143 e. The molecule has 0 aliphatic heterocycles. The van der Waals surface area contributed by atoms with Gasteiger partial charge in [-0.1, -0.05) is 6.92 Å². The Kier molecular flexibility index (Phi) is 6.75. The second kappa shape index (κ2) is 7.81. The SMILES string of the molecule is CCCOCCC(O)Cc1c(F)ccc(Br)c1F. The number of hydrogen-bond acceptors (Lipinski definition) is 2. The number of ether oxygens (including phenoxy) is 1. The first-order valence-electron chi connectivity index (χ1n) is 5.94. The summed E-state index contributed by atoms with van der Waals surface area (Å²) < 4.78 is 32.5. The minimum absolute atomic E-state index is 0.0490. The lowest BCUT2D eigenvalue weighted by Crippen LogP contribution is -2.16. The minimum Gasteiger partial charge on any atom is -0.393 e. The van der Waals surface area contributed by atoms with Gasteiger partial charge in [0.05, 0.1) is 10.6 Å². The molecule has 2 nitrogen and oxygen atoms in total. The van der Waals surface area contributed by atoms with Crippen LogP contribution in [0.5, 0.6) is 0 Å². The minimum atomic E-state index is -0.805. The standard InChI is InChI=1S/C13H17BrF2O2/c1-2-6-18-7-5-9(17)8-10-12(15)4-3-11(14)13(10)16/h3-4,9,17H,2,5-8H2,1H3. The molecule has 102 valence electrons. The van der Waals surface area contributed by atoms with Gasteiger partial charge in [-0.25, -0.2) is 8.78 Å². The molecule has 1 aromatic rings. The van der Waals surface area contributed by atoms with Gasteiger partial charge in [-0.3, -0.25) is 0 Å². The Bertz CT molecular complexity index is 385. The van der Waals surface area contributed by atoms with E-state index in [1.807, 2.05) is 6.92 Å². The van der Waals surface area contributed by atoms with E-state index >= 15 is 0 Å². The van der Waals surface area contributed by atoms with Crippen LogP contribution in [-0.4, -0.2) is 24.4 Å². The van der Waals surface area contributed by atoms with E-state index in [0.717, 1.165) is 6.42 Å². The van der Waals surface area contributed by atoms with Gasteiger partial charge in [-0.05, 0) is 40.9 Å². The lowest BCUT2D eigenvalue weighted by Gasteiger charge is -2.12. The Morgan fingerprint density at radius 3 is 2.72 bits per heavy atom. The zero-order valence-electron chi connectivity index (χ0n) is 10.3. The zero-order chi connectivity index (χ0) is 13.5. The van der Waals surface area contributed by atoms with Gasteiger partial charge in [0, 0.05) is 25.2 Å². The van der Waals surface area contributed by atoms with E-state index in [9.17, 15) is 13.9 Å². The average Bonchev–Trinajstić information content (AvgIpc) is 2.35. The van der Waals surface area contributed by atoms with E-state index in [0.29, 0.717) is 19.6 Å². The molecule has 1 rings (SSSR count). The third kappa shape index (κ3) is 4.63. The lowest BCUT2D eigenvalue weighted by atomic mass is 10.0. The van der Waals surface area contributed by atoms with Crippen molar-refractivity contribution in [2.24, 2.45) is 0 Å². The number of hydrogen-bond donors (Lipinski definition) is 1. The van der Waals surface area contributed by atoms with Crippen molar-refractivity contribution in [1.82, 2.24) is 0 Å². The van der Waals surface area contributed by atoms with Gasteiger partial charge in [0.1, 0.15) is 11.6 Å². The highest BCUT2D eigenvalue weighted by Gasteiger charge is 2.16. The van der Waals surface area contributed by atoms with E-state index in [-0.39, 0.29) is 16.5 Å². The highest BCUT2D eigenvalue weighted by Crippen LogP contribution is 2.23. The van der Waals surface area contributed by atoms with Crippen LogP contribution < -0.4 is 0 Å². The molecule has 18 heavy (non-hydrogen) atoms. The lowest BCUT2D eigenvalue weighted by molar-refractivity contribution is 0.0816. The largest absolute Gasteiger partial charge is 0.393 e. The summed E-state index contributed by atoms with van der Waals surface area (Å²) in [4.78, 5) is 0. The summed E-state index contributed by atoms with van der Waals surface area (Å²) in [7, 11) is 0. The van der Waals surface area contributed by atoms with Gasteiger partial charge in [0.2, 0.25) is 0 Å². The van der Waals surface area contributed by atoms with Crippen molar-refractivity contribution in [3.63, 3.8) is 0 Å². The molecule has 1 unspecified atom stereocenters. The fourth-order valence-electron chi connectivity index (χ4n) is 1.56. The van der Waals surface area contributed by atoms with E-state index < -0.39 is 17.7 Å². The second-order valence-electron chi connectivity index (χ2n) is 4.08. The molecule has 0 bridgehead atoms. The van der Waals surface area contributed by atoms with Crippen LogP contribution in [-0.2, 0) is 11.2 Å². The molecule has 1 atom stereocenters. The Labute approximate surface area is 114 Å². The molecule has 0 aliphatic rings. The first kappa shape index (κ1) is 15.5. The Balaban J connectivity index is 2.54. The number of aliphatic hydroxyl groups excluding tert-OH is 1. The smallest absolute Gasteiger partial charge is 0.143 e. The van der Waals surface area contributed by atoms with Crippen LogP contribution in [0.15, 0.2) is 16.6 Å². The van der Waals surface area contributed by atoms with Crippen molar-refractivity contribution in [1.29, 1.82) is 0 Å².